The second-order valence-electron chi connectivity index (χ2n) is 3.83. The highest BCUT2D eigenvalue weighted by Gasteiger charge is 2.07. The summed E-state index contributed by atoms with van der Waals surface area (Å²) in [5.41, 5.74) is 6.14. The van der Waals surface area contributed by atoms with Crippen molar-refractivity contribution in [2.45, 2.75) is 30.4 Å². The lowest BCUT2D eigenvalue weighted by Gasteiger charge is -2.02. The maximum absolute atomic E-state index is 12.9. The number of halogens is 1. The molecule has 0 saturated heterocycles. The number of benzene rings is 1. The van der Waals surface area contributed by atoms with Gasteiger partial charge in [0, 0.05) is 17.0 Å². The van der Waals surface area contributed by atoms with Crippen LogP contribution < -0.4 is 5.73 Å². The van der Waals surface area contributed by atoms with Crippen LogP contribution in [0.1, 0.15) is 25.1 Å². The zero-order valence-electron chi connectivity index (χ0n) is 10.0. The highest BCUT2D eigenvalue weighted by Crippen LogP contribution is 2.27. The van der Waals surface area contributed by atoms with E-state index in [0.29, 0.717) is 23.2 Å². The van der Waals surface area contributed by atoms with Crippen LogP contribution in [-0.2, 0) is 12.2 Å². The van der Waals surface area contributed by atoms with Gasteiger partial charge in [0.15, 0.2) is 5.82 Å². The molecule has 6 heteroatoms. The SMILES string of the molecule is CCCc1nc(CSc2ccc(F)cc2N)no1. The number of thioether (sulfide) groups is 1. The van der Waals surface area contributed by atoms with Gasteiger partial charge >= 0.3 is 0 Å². The van der Waals surface area contributed by atoms with E-state index in [4.69, 9.17) is 10.3 Å². The first-order valence-electron chi connectivity index (χ1n) is 5.68. The summed E-state index contributed by atoms with van der Waals surface area (Å²) in [6, 6.07) is 4.35. The molecule has 1 aromatic carbocycles. The molecular formula is C12H14FN3OS. The summed E-state index contributed by atoms with van der Waals surface area (Å²) in [4.78, 5) is 5.07. The second kappa shape index (κ2) is 5.86. The van der Waals surface area contributed by atoms with Crippen molar-refractivity contribution >= 4 is 17.4 Å². The first-order valence-corrected chi connectivity index (χ1v) is 6.67. The number of rotatable bonds is 5. The van der Waals surface area contributed by atoms with Crippen molar-refractivity contribution < 1.29 is 8.91 Å². The number of nitrogen functional groups attached to an aromatic ring is 1. The number of anilines is 1. The summed E-state index contributed by atoms with van der Waals surface area (Å²) in [6.45, 7) is 2.05. The van der Waals surface area contributed by atoms with Gasteiger partial charge in [-0.05, 0) is 24.6 Å². The van der Waals surface area contributed by atoms with Crippen LogP contribution in [0.2, 0.25) is 0 Å². The van der Waals surface area contributed by atoms with E-state index >= 15 is 0 Å². The van der Waals surface area contributed by atoms with Gasteiger partial charge < -0.3 is 10.3 Å². The Hall–Kier alpha value is -1.56. The third-order valence-electron chi connectivity index (χ3n) is 2.30. The summed E-state index contributed by atoms with van der Waals surface area (Å²) in [7, 11) is 0. The minimum atomic E-state index is -0.332. The lowest BCUT2D eigenvalue weighted by Crippen LogP contribution is -1.91. The van der Waals surface area contributed by atoms with Crippen LogP contribution in [-0.4, -0.2) is 10.1 Å². The van der Waals surface area contributed by atoms with Crippen LogP contribution in [0.15, 0.2) is 27.6 Å². The van der Waals surface area contributed by atoms with E-state index < -0.39 is 0 Å². The molecule has 0 unspecified atom stereocenters. The number of hydrogen-bond acceptors (Lipinski definition) is 5. The van der Waals surface area contributed by atoms with E-state index in [1.165, 1.54) is 23.9 Å². The number of aromatic nitrogens is 2. The molecule has 1 heterocycles. The fourth-order valence-electron chi connectivity index (χ4n) is 1.46. The smallest absolute Gasteiger partial charge is 0.226 e. The molecule has 18 heavy (non-hydrogen) atoms. The first-order chi connectivity index (χ1) is 8.69. The van der Waals surface area contributed by atoms with Crippen LogP contribution in [0.25, 0.3) is 0 Å². The molecule has 0 fully saturated rings. The fraction of sp³-hybridized carbons (Fsp3) is 0.333. The van der Waals surface area contributed by atoms with Gasteiger partial charge in [0.05, 0.1) is 5.75 Å². The maximum atomic E-state index is 12.9. The van der Waals surface area contributed by atoms with Crippen molar-refractivity contribution in [2.75, 3.05) is 5.73 Å². The zero-order valence-corrected chi connectivity index (χ0v) is 10.8. The van der Waals surface area contributed by atoms with E-state index in [2.05, 4.69) is 17.1 Å². The Morgan fingerprint density at radius 3 is 3.00 bits per heavy atom. The fourth-order valence-corrected chi connectivity index (χ4v) is 2.25. The topological polar surface area (TPSA) is 64.9 Å². The molecule has 4 nitrogen and oxygen atoms in total. The molecule has 0 atom stereocenters. The summed E-state index contributed by atoms with van der Waals surface area (Å²) >= 11 is 1.46. The molecule has 0 bridgehead atoms. The Kier molecular flexibility index (Phi) is 4.19. The standard InChI is InChI=1S/C12H14FN3OS/c1-2-3-12-15-11(16-17-12)7-18-10-5-4-8(13)6-9(10)14/h4-6H,2-3,7,14H2,1H3. The third-order valence-corrected chi connectivity index (χ3v) is 3.39. The van der Waals surface area contributed by atoms with Gasteiger partial charge in [-0.25, -0.2) is 4.39 Å². The van der Waals surface area contributed by atoms with Gasteiger partial charge in [0.1, 0.15) is 5.82 Å². The number of nitrogens with two attached hydrogens (primary N) is 1. The Morgan fingerprint density at radius 2 is 2.28 bits per heavy atom. The van der Waals surface area contributed by atoms with Crippen molar-refractivity contribution in [1.82, 2.24) is 10.1 Å². The quantitative estimate of drug-likeness (QED) is 0.666. The predicted molar refractivity (Wildman–Crippen MR) is 68.7 cm³/mol. The molecule has 0 saturated carbocycles. The largest absolute Gasteiger partial charge is 0.398 e. The predicted octanol–water partition coefficient (Wildman–Crippen LogP) is 3.04. The average Bonchev–Trinajstić information content (AvgIpc) is 2.76. The monoisotopic (exact) mass is 267 g/mol. The molecule has 2 N–H and O–H groups in total. The molecule has 1 aromatic heterocycles. The molecule has 0 radical (unpaired) electrons. The zero-order chi connectivity index (χ0) is 13.0. The van der Waals surface area contributed by atoms with Crippen LogP contribution in [0.3, 0.4) is 0 Å². The summed E-state index contributed by atoms with van der Waals surface area (Å²) in [5.74, 6) is 1.51. The lowest BCUT2D eigenvalue weighted by atomic mass is 10.3. The minimum Gasteiger partial charge on any atom is -0.398 e. The van der Waals surface area contributed by atoms with Crippen molar-refractivity contribution in [3.8, 4) is 0 Å². The Labute approximate surface area is 109 Å². The van der Waals surface area contributed by atoms with Gasteiger partial charge in [0.2, 0.25) is 5.89 Å². The Bertz CT molecular complexity index is 530. The van der Waals surface area contributed by atoms with E-state index in [1.807, 2.05) is 0 Å². The van der Waals surface area contributed by atoms with Crippen LogP contribution in [0.5, 0.6) is 0 Å². The van der Waals surface area contributed by atoms with Crippen molar-refractivity contribution in [2.24, 2.45) is 0 Å². The molecule has 0 aliphatic rings. The van der Waals surface area contributed by atoms with E-state index in [9.17, 15) is 4.39 Å². The molecule has 2 aromatic rings. The lowest BCUT2D eigenvalue weighted by molar-refractivity contribution is 0.373. The maximum Gasteiger partial charge on any atom is 0.226 e. The number of nitrogens with zero attached hydrogens (tertiary/aromatic N) is 2. The van der Waals surface area contributed by atoms with Gasteiger partial charge in [-0.1, -0.05) is 12.1 Å². The van der Waals surface area contributed by atoms with Gasteiger partial charge in [-0.2, -0.15) is 4.98 Å². The van der Waals surface area contributed by atoms with Gasteiger partial charge in [-0.3, -0.25) is 0 Å². The molecule has 2 rings (SSSR count). The van der Waals surface area contributed by atoms with Crippen molar-refractivity contribution in [3.05, 3.63) is 35.7 Å². The van der Waals surface area contributed by atoms with Crippen LogP contribution in [0.4, 0.5) is 10.1 Å². The van der Waals surface area contributed by atoms with E-state index in [-0.39, 0.29) is 5.82 Å². The molecule has 0 aliphatic carbocycles. The molecule has 0 aliphatic heterocycles. The summed E-state index contributed by atoms with van der Waals surface area (Å²) < 4.78 is 17.9. The Morgan fingerprint density at radius 1 is 1.44 bits per heavy atom. The number of aryl methyl sites for hydroxylation is 1. The highest BCUT2D eigenvalue weighted by atomic mass is 32.2. The normalized spacial score (nSPS) is 10.8. The first kappa shape index (κ1) is 12.9. The second-order valence-corrected chi connectivity index (χ2v) is 4.84. The summed E-state index contributed by atoms with van der Waals surface area (Å²) in [6.07, 6.45) is 1.76. The van der Waals surface area contributed by atoms with Gasteiger partial charge in [0.25, 0.3) is 0 Å². The minimum absolute atomic E-state index is 0.332. The molecule has 0 amide bonds. The van der Waals surface area contributed by atoms with E-state index in [1.54, 1.807) is 6.07 Å². The third kappa shape index (κ3) is 3.22. The van der Waals surface area contributed by atoms with Crippen molar-refractivity contribution in [1.29, 1.82) is 0 Å². The molecule has 96 valence electrons. The molecular weight excluding hydrogens is 253 g/mol. The Balaban J connectivity index is 1.97. The van der Waals surface area contributed by atoms with Gasteiger partial charge in [-0.15, -0.1) is 11.8 Å². The van der Waals surface area contributed by atoms with Crippen molar-refractivity contribution in [3.63, 3.8) is 0 Å². The molecule has 0 spiro atoms. The van der Waals surface area contributed by atoms with Crippen LogP contribution >= 0.6 is 11.8 Å². The average molecular weight is 267 g/mol. The number of hydrogen-bond donors (Lipinski definition) is 1. The summed E-state index contributed by atoms with van der Waals surface area (Å²) in [5, 5.41) is 3.88. The van der Waals surface area contributed by atoms with Crippen LogP contribution in [0, 0.1) is 5.82 Å². The van der Waals surface area contributed by atoms with E-state index in [0.717, 1.165) is 17.7 Å². The highest BCUT2D eigenvalue weighted by molar-refractivity contribution is 7.98.